The Morgan fingerprint density at radius 1 is 1.08 bits per heavy atom. The van der Waals surface area contributed by atoms with Crippen molar-refractivity contribution in [1.82, 2.24) is 10.2 Å². The fraction of sp³-hybridized carbons (Fsp3) is 0.350. The van der Waals surface area contributed by atoms with E-state index in [0.29, 0.717) is 12.1 Å². The number of ether oxygens (including phenoxy) is 1. The molecule has 5 nitrogen and oxygen atoms in total. The van der Waals surface area contributed by atoms with E-state index in [9.17, 15) is 4.79 Å². The molecule has 2 aromatic rings. The number of carbonyl (C=O) groups excluding carboxylic acids is 1. The van der Waals surface area contributed by atoms with Crippen molar-refractivity contribution in [3.63, 3.8) is 0 Å². The van der Waals surface area contributed by atoms with Crippen LogP contribution in [0.25, 0.3) is 0 Å². The molecular formula is C20H25N3O2. The van der Waals surface area contributed by atoms with Gasteiger partial charge in [0.15, 0.2) is 0 Å². The summed E-state index contributed by atoms with van der Waals surface area (Å²) in [5.41, 5.74) is 2.73. The summed E-state index contributed by atoms with van der Waals surface area (Å²) in [7, 11) is 3.80. The van der Waals surface area contributed by atoms with Crippen LogP contribution < -0.4 is 15.0 Å². The number of nitrogens with zero attached hydrogens (tertiary/aromatic N) is 2. The van der Waals surface area contributed by atoms with E-state index in [0.717, 1.165) is 43.2 Å². The van der Waals surface area contributed by atoms with Crippen LogP contribution in [-0.2, 0) is 6.54 Å². The summed E-state index contributed by atoms with van der Waals surface area (Å²) in [6.45, 7) is 4.40. The van der Waals surface area contributed by atoms with Gasteiger partial charge in [-0.2, -0.15) is 0 Å². The topological polar surface area (TPSA) is 44.8 Å². The highest BCUT2D eigenvalue weighted by Crippen LogP contribution is 2.30. The van der Waals surface area contributed by atoms with Crippen LogP contribution >= 0.6 is 0 Å². The Morgan fingerprint density at radius 3 is 2.48 bits per heavy atom. The van der Waals surface area contributed by atoms with E-state index >= 15 is 0 Å². The largest absolute Gasteiger partial charge is 0.495 e. The van der Waals surface area contributed by atoms with Crippen molar-refractivity contribution in [1.29, 1.82) is 0 Å². The minimum absolute atomic E-state index is 0.0677. The maximum atomic E-state index is 12.5. The molecule has 1 heterocycles. The van der Waals surface area contributed by atoms with Crippen LogP contribution in [-0.4, -0.2) is 51.1 Å². The first kappa shape index (κ1) is 17.3. The van der Waals surface area contributed by atoms with Gasteiger partial charge in [-0.15, -0.1) is 0 Å². The SMILES string of the molecule is COc1ccc(C(=O)NCc2ccccc2)cc1N1CCN(C)CC1. The number of anilines is 1. The van der Waals surface area contributed by atoms with Crippen molar-refractivity contribution in [3.8, 4) is 5.75 Å². The lowest BCUT2D eigenvalue weighted by molar-refractivity contribution is 0.0951. The molecule has 2 aromatic carbocycles. The highest BCUT2D eigenvalue weighted by molar-refractivity contribution is 5.95. The van der Waals surface area contributed by atoms with E-state index < -0.39 is 0 Å². The van der Waals surface area contributed by atoms with Crippen molar-refractivity contribution in [3.05, 3.63) is 59.7 Å². The van der Waals surface area contributed by atoms with Gasteiger partial charge < -0.3 is 19.9 Å². The Morgan fingerprint density at radius 2 is 1.80 bits per heavy atom. The third-order valence-electron chi connectivity index (χ3n) is 4.58. The average molecular weight is 339 g/mol. The molecule has 0 aliphatic carbocycles. The zero-order chi connectivity index (χ0) is 17.6. The van der Waals surface area contributed by atoms with Gasteiger partial charge in [-0.05, 0) is 30.8 Å². The third kappa shape index (κ3) is 4.31. The average Bonchev–Trinajstić information content (AvgIpc) is 2.67. The molecule has 1 amide bonds. The Hall–Kier alpha value is -2.53. The first-order valence-electron chi connectivity index (χ1n) is 8.61. The Kier molecular flexibility index (Phi) is 5.56. The molecule has 0 bridgehead atoms. The van der Waals surface area contributed by atoms with E-state index in [-0.39, 0.29) is 5.91 Å². The van der Waals surface area contributed by atoms with E-state index in [2.05, 4.69) is 22.2 Å². The van der Waals surface area contributed by atoms with Crippen LogP contribution in [0, 0.1) is 0 Å². The summed E-state index contributed by atoms with van der Waals surface area (Å²) in [4.78, 5) is 17.1. The summed E-state index contributed by atoms with van der Waals surface area (Å²) in [6.07, 6.45) is 0. The highest BCUT2D eigenvalue weighted by Gasteiger charge is 2.19. The second kappa shape index (κ2) is 8.03. The molecule has 25 heavy (non-hydrogen) atoms. The maximum Gasteiger partial charge on any atom is 0.251 e. The van der Waals surface area contributed by atoms with E-state index in [1.807, 2.05) is 48.5 Å². The smallest absolute Gasteiger partial charge is 0.251 e. The molecule has 1 fully saturated rings. The van der Waals surface area contributed by atoms with Gasteiger partial charge in [0, 0.05) is 38.3 Å². The van der Waals surface area contributed by atoms with Crippen LogP contribution in [0.15, 0.2) is 48.5 Å². The second-order valence-electron chi connectivity index (χ2n) is 6.35. The Balaban J connectivity index is 1.73. The normalized spacial score (nSPS) is 15.0. The summed E-state index contributed by atoms with van der Waals surface area (Å²) in [5, 5.41) is 2.98. The summed E-state index contributed by atoms with van der Waals surface area (Å²) >= 11 is 0. The van der Waals surface area contributed by atoms with Crippen molar-refractivity contribution < 1.29 is 9.53 Å². The molecule has 3 rings (SSSR count). The van der Waals surface area contributed by atoms with Crippen LogP contribution in [0.1, 0.15) is 15.9 Å². The van der Waals surface area contributed by atoms with Gasteiger partial charge in [0.1, 0.15) is 5.75 Å². The standard InChI is InChI=1S/C20H25N3O2/c1-22-10-12-23(13-11-22)18-14-17(8-9-19(18)25-2)20(24)21-15-16-6-4-3-5-7-16/h3-9,14H,10-13,15H2,1-2H3,(H,21,24). The predicted molar refractivity (Wildman–Crippen MR) is 100 cm³/mol. The molecule has 0 aromatic heterocycles. The van der Waals surface area contributed by atoms with E-state index in [4.69, 9.17) is 4.74 Å². The lowest BCUT2D eigenvalue weighted by Crippen LogP contribution is -2.44. The van der Waals surface area contributed by atoms with Crippen molar-refractivity contribution in [2.45, 2.75) is 6.54 Å². The van der Waals surface area contributed by atoms with E-state index in [1.54, 1.807) is 7.11 Å². The minimum Gasteiger partial charge on any atom is -0.495 e. The van der Waals surface area contributed by atoms with Gasteiger partial charge in [-0.1, -0.05) is 30.3 Å². The molecule has 0 radical (unpaired) electrons. The molecule has 132 valence electrons. The van der Waals surface area contributed by atoms with Crippen molar-refractivity contribution in [2.24, 2.45) is 0 Å². The quantitative estimate of drug-likeness (QED) is 0.908. The Bertz CT molecular complexity index is 710. The molecule has 0 spiro atoms. The number of benzene rings is 2. The lowest BCUT2D eigenvalue weighted by atomic mass is 10.1. The third-order valence-corrected chi connectivity index (χ3v) is 4.58. The zero-order valence-corrected chi connectivity index (χ0v) is 14.9. The number of rotatable bonds is 5. The number of hydrogen-bond donors (Lipinski definition) is 1. The van der Waals surface area contributed by atoms with Gasteiger partial charge >= 0.3 is 0 Å². The fourth-order valence-electron chi connectivity index (χ4n) is 3.01. The van der Waals surface area contributed by atoms with Crippen LogP contribution in [0.5, 0.6) is 5.75 Å². The molecule has 1 aliphatic rings. The highest BCUT2D eigenvalue weighted by atomic mass is 16.5. The second-order valence-corrected chi connectivity index (χ2v) is 6.35. The number of carbonyl (C=O) groups is 1. The minimum atomic E-state index is -0.0677. The number of methoxy groups -OCH3 is 1. The summed E-state index contributed by atoms with van der Waals surface area (Å²) < 4.78 is 5.50. The van der Waals surface area contributed by atoms with Gasteiger partial charge in [0.25, 0.3) is 5.91 Å². The zero-order valence-electron chi connectivity index (χ0n) is 14.9. The lowest BCUT2D eigenvalue weighted by Gasteiger charge is -2.34. The monoisotopic (exact) mass is 339 g/mol. The molecule has 0 saturated carbocycles. The number of amides is 1. The molecule has 0 unspecified atom stereocenters. The molecule has 5 heteroatoms. The molecule has 0 atom stereocenters. The van der Waals surface area contributed by atoms with Crippen LogP contribution in [0.4, 0.5) is 5.69 Å². The van der Waals surface area contributed by atoms with Gasteiger partial charge in [-0.3, -0.25) is 4.79 Å². The molecule has 1 N–H and O–H groups in total. The van der Waals surface area contributed by atoms with E-state index in [1.165, 1.54) is 0 Å². The summed E-state index contributed by atoms with van der Waals surface area (Å²) in [5.74, 6) is 0.742. The summed E-state index contributed by atoms with van der Waals surface area (Å²) in [6, 6.07) is 15.6. The Labute approximate surface area is 149 Å². The number of nitrogens with one attached hydrogen (secondary N) is 1. The number of hydrogen-bond acceptors (Lipinski definition) is 4. The fourth-order valence-corrected chi connectivity index (χ4v) is 3.01. The van der Waals surface area contributed by atoms with Gasteiger partial charge in [-0.25, -0.2) is 0 Å². The van der Waals surface area contributed by atoms with Crippen molar-refractivity contribution in [2.75, 3.05) is 45.2 Å². The number of piperazine rings is 1. The van der Waals surface area contributed by atoms with Crippen LogP contribution in [0.2, 0.25) is 0 Å². The maximum absolute atomic E-state index is 12.5. The first-order chi connectivity index (χ1) is 12.2. The molecular weight excluding hydrogens is 314 g/mol. The number of likely N-dealkylation sites (N-methyl/N-ethyl adjacent to an activating group) is 1. The van der Waals surface area contributed by atoms with Crippen LogP contribution in [0.3, 0.4) is 0 Å². The first-order valence-corrected chi connectivity index (χ1v) is 8.61. The van der Waals surface area contributed by atoms with Crippen molar-refractivity contribution >= 4 is 11.6 Å². The molecule has 1 saturated heterocycles. The van der Waals surface area contributed by atoms with Gasteiger partial charge in [0.2, 0.25) is 0 Å². The molecule has 1 aliphatic heterocycles. The predicted octanol–water partition coefficient (Wildman–Crippen LogP) is 2.38. The van der Waals surface area contributed by atoms with Gasteiger partial charge in [0.05, 0.1) is 12.8 Å².